The topological polar surface area (TPSA) is 62.6 Å². The number of alkyl halides is 1. The fourth-order valence-electron chi connectivity index (χ4n) is 2.03. The Bertz CT molecular complexity index is 575. The van der Waals surface area contributed by atoms with Gasteiger partial charge in [-0.3, -0.25) is 4.79 Å². The van der Waals surface area contributed by atoms with Gasteiger partial charge in [-0.15, -0.1) is 0 Å². The summed E-state index contributed by atoms with van der Waals surface area (Å²) in [6, 6.07) is 7.45. The minimum Gasteiger partial charge on any atom is -0.486 e. The first-order valence-corrected chi connectivity index (χ1v) is 7.50. The maximum absolute atomic E-state index is 12.5. The van der Waals surface area contributed by atoms with Crippen LogP contribution >= 0.6 is 15.9 Å². The Kier molecular flexibility index (Phi) is 4.73. The van der Waals surface area contributed by atoms with Crippen LogP contribution in [0, 0.1) is 11.3 Å². The van der Waals surface area contributed by atoms with E-state index in [0.717, 1.165) is 0 Å². The van der Waals surface area contributed by atoms with E-state index in [4.69, 9.17) is 14.7 Å². The molecule has 6 heteroatoms. The van der Waals surface area contributed by atoms with Gasteiger partial charge < -0.3 is 14.4 Å². The van der Waals surface area contributed by atoms with E-state index in [1.54, 1.807) is 30.9 Å². The molecule has 0 radical (unpaired) electrons. The highest BCUT2D eigenvalue weighted by molar-refractivity contribution is 9.10. The molecule has 5 nitrogen and oxygen atoms in total. The lowest BCUT2D eigenvalue weighted by Gasteiger charge is -2.29. The molecule has 0 saturated carbocycles. The first kappa shape index (κ1) is 15.6. The number of nitrogens with zero attached hydrogens (tertiary/aromatic N) is 2. The fraction of sp³-hybridized carbons (Fsp3) is 0.467. The lowest BCUT2D eigenvalue weighted by molar-refractivity contribution is -0.119. The molecule has 1 aliphatic rings. The second-order valence-electron chi connectivity index (χ2n) is 5.17. The van der Waals surface area contributed by atoms with Crippen LogP contribution in [0.15, 0.2) is 18.2 Å². The highest BCUT2D eigenvalue weighted by atomic mass is 79.9. The zero-order chi connectivity index (χ0) is 15.5. The summed E-state index contributed by atoms with van der Waals surface area (Å²) in [5.74, 6) is 1.20. The van der Waals surface area contributed by atoms with Gasteiger partial charge in [0, 0.05) is 18.3 Å². The van der Waals surface area contributed by atoms with Gasteiger partial charge in [0.1, 0.15) is 13.2 Å². The van der Waals surface area contributed by atoms with Crippen molar-refractivity contribution < 1.29 is 14.3 Å². The van der Waals surface area contributed by atoms with E-state index >= 15 is 0 Å². The van der Waals surface area contributed by atoms with Crippen molar-refractivity contribution in [2.24, 2.45) is 0 Å². The fourth-order valence-corrected chi connectivity index (χ4v) is 2.24. The number of ether oxygens (including phenoxy) is 2. The number of fused-ring (bicyclic) bond motifs is 1. The van der Waals surface area contributed by atoms with E-state index in [-0.39, 0.29) is 12.3 Å². The summed E-state index contributed by atoms with van der Waals surface area (Å²) >= 11 is 3.38. The number of hydrogen-bond acceptors (Lipinski definition) is 4. The number of nitriles is 1. The van der Waals surface area contributed by atoms with Crippen molar-refractivity contribution >= 4 is 27.5 Å². The largest absolute Gasteiger partial charge is 0.486 e. The molecule has 0 N–H and O–H groups in total. The van der Waals surface area contributed by atoms with Crippen molar-refractivity contribution in [3.05, 3.63) is 18.2 Å². The van der Waals surface area contributed by atoms with Crippen molar-refractivity contribution in [2.75, 3.05) is 24.7 Å². The van der Waals surface area contributed by atoms with Gasteiger partial charge in [-0.05, 0) is 26.0 Å². The number of anilines is 1. The average Bonchev–Trinajstić information content (AvgIpc) is 2.46. The number of carbonyl (C=O) groups excluding carboxylic acids is 1. The molecular weight excluding hydrogens is 336 g/mol. The summed E-state index contributed by atoms with van der Waals surface area (Å²) in [7, 11) is 0. The Morgan fingerprint density at radius 3 is 2.67 bits per heavy atom. The van der Waals surface area contributed by atoms with Gasteiger partial charge in [-0.1, -0.05) is 15.9 Å². The number of hydrogen-bond donors (Lipinski definition) is 0. The van der Waals surface area contributed by atoms with Crippen LogP contribution in [0.5, 0.6) is 11.5 Å². The average molecular weight is 353 g/mol. The third kappa shape index (κ3) is 3.67. The van der Waals surface area contributed by atoms with Crippen LogP contribution in [-0.4, -0.2) is 30.0 Å². The molecule has 112 valence electrons. The Morgan fingerprint density at radius 1 is 1.38 bits per heavy atom. The van der Waals surface area contributed by atoms with Gasteiger partial charge in [0.25, 0.3) is 0 Å². The molecule has 1 aromatic carbocycles. The van der Waals surface area contributed by atoms with Crippen LogP contribution in [0.25, 0.3) is 0 Å². The van der Waals surface area contributed by atoms with E-state index < -0.39 is 4.32 Å². The Hall–Kier alpha value is -1.74. The van der Waals surface area contributed by atoms with Crippen molar-refractivity contribution in [1.29, 1.82) is 5.26 Å². The highest BCUT2D eigenvalue weighted by Gasteiger charge is 2.30. The number of rotatable bonds is 4. The zero-order valence-corrected chi connectivity index (χ0v) is 13.6. The monoisotopic (exact) mass is 352 g/mol. The van der Waals surface area contributed by atoms with E-state index in [1.165, 1.54) is 0 Å². The molecule has 1 amide bonds. The van der Waals surface area contributed by atoms with Gasteiger partial charge in [0.2, 0.25) is 5.91 Å². The van der Waals surface area contributed by atoms with Crippen LogP contribution < -0.4 is 14.4 Å². The molecule has 0 spiro atoms. The molecule has 1 aliphatic heterocycles. The normalized spacial score (nSPS) is 13.4. The lowest BCUT2D eigenvalue weighted by Crippen LogP contribution is -2.42. The summed E-state index contributed by atoms with van der Waals surface area (Å²) in [6.07, 6.45) is 0.267. The molecule has 1 aromatic rings. The van der Waals surface area contributed by atoms with E-state index in [1.807, 2.05) is 6.07 Å². The molecule has 0 unspecified atom stereocenters. The van der Waals surface area contributed by atoms with Crippen LogP contribution in [0.1, 0.15) is 20.3 Å². The first-order valence-electron chi connectivity index (χ1n) is 6.71. The molecule has 0 atom stereocenters. The quantitative estimate of drug-likeness (QED) is 0.781. The summed E-state index contributed by atoms with van der Waals surface area (Å²) < 4.78 is 10.3. The standard InChI is InChI=1S/C15H17BrN2O3/c1-15(2,16)14(19)18(7-3-6-17)11-4-5-12-13(10-11)21-9-8-20-12/h4-5,10H,3,7-9H2,1-2H3. The Balaban J connectivity index is 2.32. The third-order valence-corrected chi connectivity index (χ3v) is 3.38. The minimum absolute atomic E-state index is 0.102. The third-order valence-electron chi connectivity index (χ3n) is 3.04. The molecular formula is C15H17BrN2O3. The maximum Gasteiger partial charge on any atom is 0.243 e. The van der Waals surface area contributed by atoms with Crippen LogP contribution in [0.2, 0.25) is 0 Å². The SMILES string of the molecule is CC(C)(Br)C(=O)N(CCC#N)c1ccc2c(c1)OCCO2. The molecule has 0 bridgehead atoms. The van der Waals surface area contributed by atoms with Gasteiger partial charge in [-0.25, -0.2) is 0 Å². The van der Waals surface area contributed by atoms with Crippen molar-refractivity contribution in [2.45, 2.75) is 24.6 Å². The lowest BCUT2D eigenvalue weighted by atomic mass is 10.1. The van der Waals surface area contributed by atoms with E-state index in [0.29, 0.717) is 36.9 Å². The van der Waals surface area contributed by atoms with Gasteiger partial charge in [0.15, 0.2) is 11.5 Å². The molecule has 0 fully saturated rings. The predicted molar refractivity (Wildman–Crippen MR) is 83.0 cm³/mol. The van der Waals surface area contributed by atoms with E-state index in [9.17, 15) is 4.79 Å². The van der Waals surface area contributed by atoms with Gasteiger partial charge >= 0.3 is 0 Å². The number of halogens is 1. The first-order chi connectivity index (χ1) is 9.93. The predicted octanol–water partition coefficient (Wildman–Crippen LogP) is 2.88. The Labute approximate surface area is 132 Å². The summed E-state index contributed by atoms with van der Waals surface area (Å²) in [4.78, 5) is 14.1. The van der Waals surface area contributed by atoms with Crippen molar-refractivity contribution in [1.82, 2.24) is 0 Å². The van der Waals surface area contributed by atoms with Crippen LogP contribution in [0.4, 0.5) is 5.69 Å². The van der Waals surface area contributed by atoms with E-state index in [2.05, 4.69) is 22.0 Å². The minimum atomic E-state index is -0.699. The molecule has 21 heavy (non-hydrogen) atoms. The zero-order valence-electron chi connectivity index (χ0n) is 12.1. The number of benzene rings is 1. The van der Waals surface area contributed by atoms with Crippen molar-refractivity contribution in [3.63, 3.8) is 0 Å². The van der Waals surface area contributed by atoms with Crippen molar-refractivity contribution in [3.8, 4) is 17.6 Å². The number of carbonyl (C=O) groups is 1. The summed E-state index contributed by atoms with van der Waals surface area (Å²) in [5, 5.41) is 8.79. The van der Waals surface area contributed by atoms with Crippen LogP contribution in [0.3, 0.4) is 0 Å². The second-order valence-corrected chi connectivity index (χ2v) is 7.15. The molecule has 0 saturated heterocycles. The summed E-state index contributed by atoms with van der Waals surface area (Å²) in [5.41, 5.74) is 0.701. The maximum atomic E-state index is 12.5. The molecule has 2 rings (SSSR count). The van der Waals surface area contributed by atoms with Gasteiger partial charge in [-0.2, -0.15) is 5.26 Å². The smallest absolute Gasteiger partial charge is 0.243 e. The molecule has 0 aliphatic carbocycles. The second kappa shape index (κ2) is 6.35. The summed E-state index contributed by atoms with van der Waals surface area (Å²) in [6.45, 7) is 4.92. The number of amides is 1. The van der Waals surface area contributed by atoms with Crippen LogP contribution in [-0.2, 0) is 4.79 Å². The highest BCUT2D eigenvalue weighted by Crippen LogP contribution is 2.35. The Morgan fingerprint density at radius 2 is 2.05 bits per heavy atom. The molecule has 1 heterocycles. The van der Waals surface area contributed by atoms with Gasteiger partial charge in [0.05, 0.1) is 16.8 Å². The molecule has 0 aromatic heterocycles.